The Hall–Kier alpha value is -3.57. The molecule has 0 amide bonds. The van der Waals surface area contributed by atoms with E-state index in [0.29, 0.717) is 24.2 Å². The van der Waals surface area contributed by atoms with Crippen molar-refractivity contribution in [2.75, 3.05) is 0 Å². The average Bonchev–Trinajstić information content (AvgIpc) is 2.96. The summed E-state index contributed by atoms with van der Waals surface area (Å²) >= 11 is 0. The molecule has 1 aromatic heterocycles. The van der Waals surface area contributed by atoms with Gasteiger partial charge in [0.1, 0.15) is 0 Å². The van der Waals surface area contributed by atoms with Crippen LogP contribution < -0.4 is 5.69 Å². The van der Waals surface area contributed by atoms with Crippen molar-refractivity contribution in [3.63, 3.8) is 0 Å². The molecule has 116 valence electrons. The van der Waals surface area contributed by atoms with Gasteiger partial charge in [-0.2, -0.15) is 10.5 Å². The van der Waals surface area contributed by atoms with Crippen molar-refractivity contribution in [1.82, 2.24) is 9.13 Å². The molecule has 0 aliphatic heterocycles. The molecule has 0 saturated carbocycles. The van der Waals surface area contributed by atoms with Crippen LogP contribution in [0, 0.1) is 22.7 Å². The first kappa shape index (κ1) is 15.3. The predicted molar refractivity (Wildman–Crippen MR) is 89.2 cm³/mol. The van der Waals surface area contributed by atoms with Gasteiger partial charge in [0.2, 0.25) is 0 Å². The fraction of sp³-hybridized carbons (Fsp3) is 0.105. The molecule has 0 radical (unpaired) electrons. The van der Waals surface area contributed by atoms with Gasteiger partial charge in [0.15, 0.2) is 0 Å². The minimum absolute atomic E-state index is 0.0938. The van der Waals surface area contributed by atoms with E-state index < -0.39 is 0 Å². The molecule has 0 spiro atoms. The third-order valence-corrected chi connectivity index (χ3v) is 3.79. The number of hydrogen-bond donors (Lipinski definition) is 0. The average molecular weight is 314 g/mol. The summed E-state index contributed by atoms with van der Waals surface area (Å²) in [6.07, 6.45) is 3.51. The van der Waals surface area contributed by atoms with Crippen LogP contribution >= 0.6 is 0 Å². The van der Waals surface area contributed by atoms with E-state index in [2.05, 4.69) is 12.1 Å². The molecule has 2 aromatic carbocycles. The lowest BCUT2D eigenvalue weighted by Crippen LogP contribution is -2.24. The Balaban J connectivity index is 1.76. The zero-order valence-electron chi connectivity index (χ0n) is 12.9. The van der Waals surface area contributed by atoms with Crippen LogP contribution in [0.1, 0.15) is 22.3 Å². The maximum absolute atomic E-state index is 12.4. The standard InChI is InChI=1S/C19H14N4O/c20-11-15-1-5-17(6-2-15)13-22-9-10-23(19(22)24)14-18-7-3-16(12-21)4-8-18/h1-10H,13-14H2. The molecule has 24 heavy (non-hydrogen) atoms. The van der Waals surface area contributed by atoms with Crippen molar-refractivity contribution >= 4 is 0 Å². The van der Waals surface area contributed by atoms with Gasteiger partial charge in [0.25, 0.3) is 0 Å². The highest BCUT2D eigenvalue weighted by atomic mass is 16.1. The molecule has 0 bridgehead atoms. The lowest BCUT2D eigenvalue weighted by Gasteiger charge is -2.04. The molecule has 5 nitrogen and oxygen atoms in total. The van der Waals surface area contributed by atoms with Crippen LogP contribution in [0.2, 0.25) is 0 Å². The minimum atomic E-state index is -0.0938. The Bertz CT molecular complexity index is 900. The first-order valence-corrected chi connectivity index (χ1v) is 7.43. The Labute approximate surface area is 139 Å². The van der Waals surface area contributed by atoms with Crippen molar-refractivity contribution in [1.29, 1.82) is 10.5 Å². The number of nitriles is 2. The lowest BCUT2D eigenvalue weighted by molar-refractivity contribution is 0.684. The summed E-state index contributed by atoms with van der Waals surface area (Å²) in [5.41, 5.74) is 3.04. The van der Waals surface area contributed by atoms with Crippen molar-refractivity contribution in [3.05, 3.63) is 93.7 Å². The third kappa shape index (κ3) is 3.26. The van der Waals surface area contributed by atoms with Crippen LogP contribution in [0.15, 0.2) is 65.7 Å². The monoisotopic (exact) mass is 314 g/mol. The van der Waals surface area contributed by atoms with Crippen molar-refractivity contribution in [3.8, 4) is 12.1 Å². The lowest BCUT2D eigenvalue weighted by atomic mass is 10.1. The molecule has 0 aliphatic carbocycles. The van der Waals surface area contributed by atoms with Crippen LogP contribution in [0.4, 0.5) is 0 Å². The number of imidazole rings is 1. The van der Waals surface area contributed by atoms with E-state index in [1.807, 2.05) is 24.3 Å². The Morgan fingerprint density at radius 1 is 0.708 bits per heavy atom. The highest BCUT2D eigenvalue weighted by Crippen LogP contribution is 2.07. The smallest absolute Gasteiger partial charge is 0.295 e. The van der Waals surface area contributed by atoms with Gasteiger partial charge in [0.05, 0.1) is 36.4 Å². The SMILES string of the molecule is N#Cc1ccc(Cn2ccn(Cc3ccc(C#N)cc3)c2=O)cc1. The predicted octanol–water partition coefficient (Wildman–Crippen LogP) is 2.49. The molecule has 1 heterocycles. The summed E-state index contributed by atoms with van der Waals surface area (Å²) in [4.78, 5) is 12.4. The van der Waals surface area contributed by atoms with E-state index in [0.717, 1.165) is 11.1 Å². The summed E-state index contributed by atoms with van der Waals surface area (Å²) in [6, 6.07) is 18.5. The van der Waals surface area contributed by atoms with Gasteiger partial charge in [-0.15, -0.1) is 0 Å². The summed E-state index contributed by atoms with van der Waals surface area (Å²) in [6.45, 7) is 0.926. The molecular weight excluding hydrogens is 300 g/mol. The van der Waals surface area contributed by atoms with Crippen LogP contribution in [0.3, 0.4) is 0 Å². The van der Waals surface area contributed by atoms with Gasteiger partial charge in [0, 0.05) is 12.4 Å². The van der Waals surface area contributed by atoms with Gasteiger partial charge in [-0.3, -0.25) is 9.13 Å². The first-order chi connectivity index (χ1) is 11.7. The van der Waals surface area contributed by atoms with E-state index in [4.69, 9.17) is 10.5 Å². The second kappa shape index (κ2) is 6.68. The van der Waals surface area contributed by atoms with Crippen LogP contribution in [-0.4, -0.2) is 9.13 Å². The summed E-state index contributed by atoms with van der Waals surface area (Å²) in [5, 5.41) is 17.6. The van der Waals surface area contributed by atoms with E-state index in [9.17, 15) is 4.79 Å². The van der Waals surface area contributed by atoms with E-state index >= 15 is 0 Å². The topological polar surface area (TPSA) is 74.5 Å². The van der Waals surface area contributed by atoms with Gasteiger partial charge in [-0.05, 0) is 35.4 Å². The number of rotatable bonds is 4. The number of hydrogen-bond acceptors (Lipinski definition) is 3. The Kier molecular flexibility index (Phi) is 4.27. The molecule has 5 heteroatoms. The minimum Gasteiger partial charge on any atom is -0.295 e. The maximum Gasteiger partial charge on any atom is 0.328 e. The highest BCUT2D eigenvalue weighted by Gasteiger charge is 2.05. The Morgan fingerprint density at radius 2 is 1.08 bits per heavy atom. The van der Waals surface area contributed by atoms with E-state index in [1.54, 1.807) is 45.8 Å². The molecule has 0 aliphatic rings. The maximum atomic E-state index is 12.4. The summed E-state index contributed by atoms with van der Waals surface area (Å²) < 4.78 is 3.26. The van der Waals surface area contributed by atoms with Gasteiger partial charge < -0.3 is 0 Å². The van der Waals surface area contributed by atoms with Crippen molar-refractivity contribution in [2.24, 2.45) is 0 Å². The molecule has 0 saturated heterocycles. The zero-order chi connectivity index (χ0) is 16.9. The normalized spacial score (nSPS) is 10.1. The zero-order valence-corrected chi connectivity index (χ0v) is 12.9. The van der Waals surface area contributed by atoms with Crippen LogP contribution in [0.5, 0.6) is 0 Å². The molecular formula is C19H14N4O. The largest absolute Gasteiger partial charge is 0.328 e. The third-order valence-electron chi connectivity index (χ3n) is 3.79. The molecule has 3 aromatic rings. The van der Waals surface area contributed by atoms with Crippen molar-refractivity contribution < 1.29 is 0 Å². The van der Waals surface area contributed by atoms with Crippen LogP contribution in [-0.2, 0) is 13.1 Å². The number of aromatic nitrogens is 2. The van der Waals surface area contributed by atoms with E-state index in [1.165, 1.54) is 0 Å². The van der Waals surface area contributed by atoms with Gasteiger partial charge in [-0.25, -0.2) is 4.79 Å². The molecule has 0 unspecified atom stereocenters. The first-order valence-electron chi connectivity index (χ1n) is 7.43. The van der Waals surface area contributed by atoms with Gasteiger partial charge >= 0.3 is 5.69 Å². The molecule has 0 atom stereocenters. The fourth-order valence-corrected chi connectivity index (χ4v) is 2.46. The van der Waals surface area contributed by atoms with Crippen LogP contribution in [0.25, 0.3) is 0 Å². The van der Waals surface area contributed by atoms with Gasteiger partial charge in [-0.1, -0.05) is 24.3 Å². The summed E-state index contributed by atoms with van der Waals surface area (Å²) in [5.74, 6) is 0. The second-order valence-corrected chi connectivity index (χ2v) is 5.45. The molecule has 3 rings (SSSR count). The van der Waals surface area contributed by atoms with E-state index in [-0.39, 0.29) is 5.69 Å². The van der Waals surface area contributed by atoms with Crippen molar-refractivity contribution in [2.45, 2.75) is 13.1 Å². The molecule has 0 N–H and O–H groups in total. The second-order valence-electron chi connectivity index (χ2n) is 5.45. The quantitative estimate of drug-likeness (QED) is 0.742. The summed E-state index contributed by atoms with van der Waals surface area (Å²) in [7, 11) is 0. The molecule has 0 fully saturated rings. The Morgan fingerprint density at radius 3 is 1.42 bits per heavy atom. The highest BCUT2D eigenvalue weighted by molar-refractivity contribution is 5.32. The fourth-order valence-electron chi connectivity index (χ4n) is 2.46. The number of benzene rings is 2. The number of nitrogens with zero attached hydrogens (tertiary/aromatic N) is 4.